The number of ether oxygens (including phenoxy) is 2. The molecule has 0 aromatic heterocycles. The highest BCUT2D eigenvalue weighted by Crippen LogP contribution is 2.37. The highest BCUT2D eigenvalue weighted by molar-refractivity contribution is 6.09. The lowest BCUT2D eigenvalue weighted by Gasteiger charge is -2.16. The van der Waals surface area contributed by atoms with Crippen LogP contribution in [0.2, 0.25) is 0 Å². The monoisotopic (exact) mass is 482 g/mol. The zero-order chi connectivity index (χ0) is 25.1. The summed E-state index contributed by atoms with van der Waals surface area (Å²) in [5, 5.41) is 0. The number of halogens is 6. The molecule has 0 heterocycles. The fourth-order valence-electron chi connectivity index (χ4n) is 3.07. The number of carbonyl (C=O) groups excluding carboxylic acids is 2. The molecule has 0 saturated heterocycles. The van der Waals surface area contributed by atoms with Gasteiger partial charge in [0.1, 0.15) is 12.4 Å². The highest BCUT2D eigenvalue weighted by Gasteiger charge is 2.37. The van der Waals surface area contributed by atoms with Crippen molar-refractivity contribution < 1.29 is 45.4 Å². The molecule has 4 nitrogen and oxygen atoms in total. The number of benzene rings is 3. The molecule has 0 radical (unpaired) electrons. The molecule has 178 valence electrons. The Morgan fingerprint density at radius 2 is 1.26 bits per heavy atom. The number of ketones is 1. The van der Waals surface area contributed by atoms with Crippen molar-refractivity contribution in [2.45, 2.75) is 19.0 Å². The van der Waals surface area contributed by atoms with Gasteiger partial charge in [-0.05, 0) is 54.6 Å². The average Bonchev–Trinajstić information content (AvgIpc) is 2.81. The van der Waals surface area contributed by atoms with Gasteiger partial charge in [0, 0.05) is 16.7 Å². The predicted molar refractivity (Wildman–Crippen MR) is 108 cm³/mol. The summed E-state index contributed by atoms with van der Waals surface area (Å²) in [6, 6.07) is 12.2. The summed E-state index contributed by atoms with van der Waals surface area (Å²) in [6.45, 7) is -0.763. The predicted octanol–water partition coefficient (Wildman–Crippen LogP) is 6.32. The Balaban J connectivity index is 1.75. The van der Waals surface area contributed by atoms with Crippen molar-refractivity contribution in [1.29, 1.82) is 0 Å². The van der Waals surface area contributed by atoms with Gasteiger partial charge in [0.25, 0.3) is 0 Å². The lowest BCUT2D eigenvalue weighted by atomic mass is 10.0. The molecular formula is C24H16F6O4. The van der Waals surface area contributed by atoms with Crippen LogP contribution in [0.4, 0.5) is 26.3 Å². The molecule has 34 heavy (non-hydrogen) atoms. The minimum Gasteiger partial charge on any atom is -0.489 e. The zero-order valence-electron chi connectivity index (χ0n) is 17.5. The van der Waals surface area contributed by atoms with Gasteiger partial charge in [0.2, 0.25) is 0 Å². The SMILES string of the molecule is COC(=O)c1ccc(C(=O)c2ccc(OCc3cc(C(F)(F)F)ccc3C(F)(F)F)cc2)cc1. The Bertz CT molecular complexity index is 1180. The van der Waals surface area contributed by atoms with Crippen LogP contribution in [0.25, 0.3) is 0 Å². The van der Waals surface area contributed by atoms with Crippen LogP contribution < -0.4 is 4.74 Å². The first-order valence-corrected chi connectivity index (χ1v) is 9.63. The minimum atomic E-state index is -4.86. The summed E-state index contributed by atoms with van der Waals surface area (Å²) in [5.41, 5.74) is -2.36. The molecule has 0 unspecified atom stereocenters. The van der Waals surface area contributed by atoms with Gasteiger partial charge in [-0.2, -0.15) is 26.3 Å². The Hall–Kier alpha value is -3.82. The van der Waals surface area contributed by atoms with Crippen LogP contribution in [-0.4, -0.2) is 18.9 Å². The van der Waals surface area contributed by atoms with Crippen LogP contribution in [0.15, 0.2) is 66.7 Å². The van der Waals surface area contributed by atoms with Gasteiger partial charge in [-0.1, -0.05) is 12.1 Å². The molecule has 0 spiro atoms. The Morgan fingerprint density at radius 3 is 1.76 bits per heavy atom. The van der Waals surface area contributed by atoms with Crippen molar-refractivity contribution in [3.8, 4) is 5.75 Å². The van der Waals surface area contributed by atoms with E-state index in [0.29, 0.717) is 18.2 Å². The van der Waals surface area contributed by atoms with Gasteiger partial charge in [-0.3, -0.25) is 4.79 Å². The molecule has 0 aliphatic carbocycles. The Kier molecular flexibility index (Phi) is 6.99. The lowest BCUT2D eigenvalue weighted by Crippen LogP contribution is -2.14. The normalized spacial score (nSPS) is 11.7. The molecule has 0 N–H and O–H groups in total. The number of hydrogen-bond acceptors (Lipinski definition) is 4. The maximum atomic E-state index is 13.2. The molecule has 3 aromatic carbocycles. The second kappa shape index (κ2) is 9.58. The van der Waals surface area contributed by atoms with E-state index in [0.717, 1.165) is 0 Å². The zero-order valence-corrected chi connectivity index (χ0v) is 17.5. The third kappa shape index (κ3) is 5.75. The molecule has 0 fully saturated rings. The molecule has 0 saturated carbocycles. The van der Waals surface area contributed by atoms with Gasteiger partial charge in [0.05, 0.1) is 23.8 Å². The second-order valence-corrected chi connectivity index (χ2v) is 7.08. The van der Waals surface area contributed by atoms with E-state index in [1.54, 1.807) is 0 Å². The van der Waals surface area contributed by atoms with Crippen molar-refractivity contribution in [2.24, 2.45) is 0 Å². The molecule has 0 atom stereocenters. The van der Waals surface area contributed by atoms with Gasteiger partial charge < -0.3 is 9.47 Å². The molecule has 3 rings (SSSR count). The van der Waals surface area contributed by atoms with Crippen molar-refractivity contribution in [3.63, 3.8) is 0 Å². The van der Waals surface area contributed by atoms with Crippen molar-refractivity contribution in [3.05, 3.63) is 100 Å². The molecule has 0 aliphatic heterocycles. The number of alkyl halides is 6. The quantitative estimate of drug-likeness (QED) is 0.234. The van der Waals surface area contributed by atoms with E-state index in [2.05, 4.69) is 4.74 Å². The van der Waals surface area contributed by atoms with E-state index < -0.39 is 41.6 Å². The van der Waals surface area contributed by atoms with Crippen LogP contribution in [0.3, 0.4) is 0 Å². The maximum Gasteiger partial charge on any atom is 0.416 e. The Labute approximate surface area is 189 Å². The number of hydrogen-bond donors (Lipinski definition) is 0. The summed E-state index contributed by atoms with van der Waals surface area (Å²) in [4.78, 5) is 24.1. The third-order valence-corrected chi connectivity index (χ3v) is 4.82. The second-order valence-electron chi connectivity index (χ2n) is 7.08. The maximum absolute atomic E-state index is 13.2. The van der Waals surface area contributed by atoms with Gasteiger partial charge in [0.15, 0.2) is 5.78 Å². The number of carbonyl (C=O) groups is 2. The molecule has 0 bridgehead atoms. The standard InChI is InChI=1S/C24H16F6O4/c1-33-22(32)16-4-2-14(3-5-16)21(31)15-6-9-19(10-7-15)34-13-17-12-18(23(25,26)27)8-11-20(17)24(28,29)30/h2-12H,13H2,1H3. The number of esters is 1. The van der Waals surface area contributed by atoms with Crippen molar-refractivity contribution in [2.75, 3.05) is 7.11 Å². The van der Waals surface area contributed by atoms with Gasteiger partial charge in [-0.25, -0.2) is 4.79 Å². The Morgan fingerprint density at radius 1 is 0.735 bits per heavy atom. The van der Waals surface area contributed by atoms with Crippen LogP contribution >= 0.6 is 0 Å². The molecule has 0 aliphatic rings. The van der Waals surface area contributed by atoms with E-state index in [4.69, 9.17) is 4.74 Å². The smallest absolute Gasteiger partial charge is 0.416 e. The summed E-state index contributed by atoms with van der Waals surface area (Å²) in [5.74, 6) is -0.890. The van der Waals surface area contributed by atoms with E-state index in [9.17, 15) is 35.9 Å². The van der Waals surface area contributed by atoms with Gasteiger partial charge >= 0.3 is 18.3 Å². The topological polar surface area (TPSA) is 52.6 Å². The van der Waals surface area contributed by atoms with E-state index in [1.165, 1.54) is 55.6 Å². The molecule has 0 amide bonds. The first kappa shape index (κ1) is 24.8. The molecular weight excluding hydrogens is 466 g/mol. The van der Waals surface area contributed by atoms with E-state index in [1.807, 2.05) is 0 Å². The third-order valence-electron chi connectivity index (χ3n) is 4.82. The number of rotatable bonds is 6. The largest absolute Gasteiger partial charge is 0.489 e. The molecule has 10 heteroatoms. The lowest BCUT2D eigenvalue weighted by molar-refractivity contribution is -0.142. The average molecular weight is 482 g/mol. The van der Waals surface area contributed by atoms with Crippen LogP contribution in [-0.2, 0) is 23.7 Å². The van der Waals surface area contributed by atoms with E-state index in [-0.39, 0.29) is 28.2 Å². The van der Waals surface area contributed by atoms with E-state index >= 15 is 0 Å². The summed E-state index contributed by atoms with van der Waals surface area (Å²) < 4.78 is 88.2. The van der Waals surface area contributed by atoms with Crippen molar-refractivity contribution >= 4 is 11.8 Å². The fourth-order valence-corrected chi connectivity index (χ4v) is 3.07. The first-order chi connectivity index (χ1) is 15.9. The van der Waals surface area contributed by atoms with Gasteiger partial charge in [-0.15, -0.1) is 0 Å². The minimum absolute atomic E-state index is 0.0584. The van der Waals surface area contributed by atoms with Crippen molar-refractivity contribution in [1.82, 2.24) is 0 Å². The summed E-state index contributed by atoms with van der Waals surface area (Å²) in [6.07, 6.45) is -9.67. The highest BCUT2D eigenvalue weighted by atomic mass is 19.4. The summed E-state index contributed by atoms with van der Waals surface area (Å²) in [7, 11) is 1.22. The van der Waals surface area contributed by atoms with Crippen LogP contribution in [0, 0.1) is 0 Å². The van der Waals surface area contributed by atoms with Crippen LogP contribution in [0.5, 0.6) is 5.75 Å². The number of methoxy groups -OCH3 is 1. The fraction of sp³-hybridized carbons (Fsp3) is 0.167. The molecule has 3 aromatic rings. The summed E-state index contributed by atoms with van der Waals surface area (Å²) >= 11 is 0. The first-order valence-electron chi connectivity index (χ1n) is 9.63. The van der Waals surface area contributed by atoms with Crippen LogP contribution in [0.1, 0.15) is 43.0 Å².